The van der Waals surface area contributed by atoms with E-state index in [0.29, 0.717) is 12.2 Å². The van der Waals surface area contributed by atoms with Gasteiger partial charge in [0, 0.05) is 24.9 Å². The predicted molar refractivity (Wildman–Crippen MR) is 57.7 cm³/mol. The van der Waals surface area contributed by atoms with Gasteiger partial charge in [-0.15, -0.1) is 12.4 Å². The zero-order valence-electron chi connectivity index (χ0n) is 8.29. The number of halogens is 1. The van der Waals surface area contributed by atoms with Gasteiger partial charge in [-0.2, -0.15) is 0 Å². The lowest BCUT2D eigenvalue weighted by molar-refractivity contribution is 0.184. The summed E-state index contributed by atoms with van der Waals surface area (Å²) >= 11 is 0. The standard InChI is InChI=1S/C9H14N2O2.ClH/c1-6-3-7(5-13-2)8(4-10)9(12)11-6;/h3H,4-5,10H2,1-2H3,(H,11,12);1H. The number of H-pyrrole nitrogens is 1. The molecule has 0 amide bonds. The Bertz CT molecular complexity index is 349. The molecule has 0 atom stereocenters. The van der Waals surface area contributed by atoms with Crippen molar-refractivity contribution in [3.05, 3.63) is 33.2 Å². The van der Waals surface area contributed by atoms with Crippen molar-refractivity contribution in [2.75, 3.05) is 7.11 Å². The lowest BCUT2D eigenvalue weighted by atomic mass is 10.1. The van der Waals surface area contributed by atoms with Gasteiger partial charge in [0.25, 0.3) is 5.56 Å². The van der Waals surface area contributed by atoms with Crippen LogP contribution in [0, 0.1) is 6.92 Å². The van der Waals surface area contributed by atoms with E-state index in [0.717, 1.165) is 11.3 Å². The summed E-state index contributed by atoms with van der Waals surface area (Å²) in [4.78, 5) is 14.1. The Kier molecular flexibility index (Phi) is 5.45. The van der Waals surface area contributed by atoms with Crippen LogP contribution >= 0.6 is 12.4 Å². The molecule has 0 aromatic carbocycles. The fourth-order valence-electron chi connectivity index (χ4n) is 1.29. The molecule has 0 saturated carbocycles. The summed E-state index contributed by atoms with van der Waals surface area (Å²) in [5, 5.41) is 0. The highest BCUT2D eigenvalue weighted by Crippen LogP contribution is 2.05. The second-order valence-corrected chi connectivity index (χ2v) is 2.92. The molecule has 0 unspecified atom stereocenters. The second-order valence-electron chi connectivity index (χ2n) is 2.92. The molecule has 0 bridgehead atoms. The van der Waals surface area contributed by atoms with E-state index in [1.165, 1.54) is 0 Å². The van der Waals surface area contributed by atoms with E-state index >= 15 is 0 Å². The number of pyridine rings is 1. The molecule has 5 heteroatoms. The molecular weight excluding hydrogens is 204 g/mol. The van der Waals surface area contributed by atoms with Crippen LogP contribution in [-0.2, 0) is 17.9 Å². The summed E-state index contributed by atoms with van der Waals surface area (Å²) in [5.74, 6) is 0. The average Bonchev–Trinajstić information content (AvgIpc) is 2.04. The summed E-state index contributed by atoms with van der Waals surface area (Å²) in [6, 6.07) is 1.88. The van der Waals surface area contributed by atoms with Gasteiger partial charge in [0.1, 0.15) is 0 Å². The Morgan fingerprint density at radius 1 is 1.57 bits per heavy atom. The lowest BCUT2D eigenvalue weighted by Crippen LogP contribution is -2.20. The average molecular weight is 219 g/mol. The van der Waals surface area contributed by atoms with Crippen LogP contribution in [0.5, 0.6) is 0 Å². The van der Waals surface area contributed by atoms with Crippen LogP contribution in [0.2, 0.25) is 0 Å². The van der Waals surface area contributed by atoms with E-state index in [1.54, 1.807) is 7.11 Å². The van der Waals surface area contributed by atoms with E-state index in [-0.39, 0.29) is 24.5 Å². The summed E-state index contributed by atoms with van der Waals surface area (Å²) in [6.45, 7) is 2.51. The van der Waals surface area contributed by atoms with Crippen molar-refractivity contribution in [3.63, 3.8) is 0 Å². The first-order valence-electron chi connectivity index (χ1n) is 4.09. The lowest BCUT2D eigenvalue weighted by Gasteiger charge is -2.06. The fourth-order valence-corrected chi connectivity index (χ4v) is 1.29. The van der Waals surface area contributed by atoms with Crippen LogP contribution < -0.4 is 11.3 Å². The molecule has 1 aromatic heterocycles. The smallest absolute Gasteiger partial charge is 0.252 e. The first kappa shape index (κ1) is 13.2. The third-order valence-corrected chi connectivity index (χ3v) is 1.87. The van der Waals surface area contributed by atoms with Crippen LogP contribution in [0.4, 0.5) is 0 Å². The number of hydrogen-bond donors (Lipinski definition) is 2. The molecular formula is C9H15ClN2O2. The van der Waals surface area contributed by atoms with Crippen molar-refractivity contribution in [1.29, 1.82) is 0 Å². The van der Waals surface area contributed by atoms with Gasteiger partial charge in [0.15, 0.2) is 0 Å². The molecule has 0 aliphatic rings. The van der Waals surface area contributed by atoms with Gasteiger partial charge < -0.3 is 15.5 Å². The van der Waals surface area contributed by atoms with E-state index in [4.69, 9.17) is 10.5 Å². The predicted octanol–water partition coefficient (Wildman–Crippen LogP) is 0.710. The maximum atomic E-state index is 11.4. The highest BCUT2D eigenvalue weighted by atomic mass is 35.5. The third-order valence-electron chi connectivity index (χ3n) is 1.87. The molecule has 4 nitrogen and oxygen atoms in total. The maximum absolute atomic E-state index is 11.4. The quantitative estimate of drug-likeness (QED) is 0.785. The highest BCUT2D eigenvalue weighted by molar-refractivity contribution is 5.85. The van der Waals surface area contributed by atoms with Crippen molar-refractivity contribution in [2.45, 2.75) is 20.1 Å². The molecule has 1 heterocycles. The first-order chi connectivity index (χ1) is 6.19. The summed E-state index contributed by atoms with van der Waals surface area (Å²) < 4.78 is 4.97. The Hall–Kier alpha value is -0.840. The molecule has 1 aromatic rings. The molecule has 3 N–H and O–H groups in total. The van der Waals surface area contributed by atoms with Crippen LogP contribution in [0.25, 0.3) is 0 Å². The largest absolute Gasteiger partial charge is 0.380 e. The van der Waals surface area contributed by atoms with Gasteiger partial charge in [0.2, 0.25) is 0 Å². The number of methoxy groups -OCH3 is 1. The number of aromatic amines is 1. The number of ether oxygens (including phenoxy) is 1. The van der Waals surface area contributed by atoms with Gasteiger partial charge in [0.05, 0.1) is 6.61 Å². The molecule has 0 spiro atoms. The summed E-state index contributed by atoms with van der Waals surface area (Å²) in [7, 11) is 1.59. The Morgan fingerprint density at radius 3 is 2.71 bits per heavy atom. The van der Waals surface area contributed by atoms with Gasteiger partial charge >= 0.3 is 0 Å². The van der Waals surface area contributed by atoms with E-state index < -0.39 is 0 Å². The van der Waals surface area contributed by atoms with Gasteiger partial charge in [-0.1, -0.05) is 0 Å². The number of rotatable bonds is 3. The summed E-state index contributed by atoms with van der Waals surface area (Å²) in [5.41, 5.74) is 7.64. The number of aryl methyl sites for hydroxylation is 1. The number of nitrogens with two attached hydrogens (primary N) is 1. The van der Waals surface area contributed by atoms with E-state index in [2.05, 4.69) is 4.98 Å². The van der Waals surface area contributed by atoms with Crippen LogP contribution in [0.15, 0.2) is 10.9 Å². The van der Waals surface area contributed by atoms with E-state index in [9.17, 15) is 4.79 Å². The third kappa shape index (κ3) is 2.83. The van der Waals surface area contributed by atoms with Gasteiger partial charge in [-0.25, -0.2) is 0 Å². The Balaban J connectivity index is 0.00000169. The van der Waals surface area contributed by atoms with Crippen molar-refractivity contribution in [2.24, 2.45) is 5.73 Å². The molecule has 14 heavy (non-hydrogen) atoms. The van der Waals surface area contributed by atoms with Crippen molar-refractivity contribution >= 4 is 12.4 Å². The van der Waals surface area contributed by atoms with E-state index in [1.807, 2.05) is 13.0 Å². The minimum Gasteiger partial charge on any atom is -0.380 e. The molecule has 0 aliphatic heterocycles. The van der Waals surface area contributed by atoms with Crippen LogP contribution in [0.3, 0.4) is 0 Å². The van der Waals surface area contributed by atoms with Crippen LogP contribution in [-0.4, -0.2) is 12.1 Å². The molecule has 0 saturated heterocycles. The molecule has 0 fully saturated rings. The fraction of sp³-hybridized carbons (Fsp3) is 0.444. The second kappa shape index (κ2) is 5.80. The molecule has 0 radical (unpaired) electrons. The monoisotopic (exact) mass is 218 g/mol. The van der Waals surface area contributed by atoms with Gasteiger partial charge in [-0.3, -0.25) is 4.79 Å². The van der Waals surface area contributed by atoms with Crippen molar-refractivity contribution < 1.29 is 4.74 Å². The molecule has 1 rings (SSSR count). The maximum Gasteiger partial charge on any atom is 0.252 e. The zero-order valence-corrected chi connectivity index (χ0v) is 9.11. The topological polar surface area (TPSA) is 68.1 Å². The Morgan fingerprint density at radius 2 is 2.21 bits per heavy atom. The minimum atomic E-state index is -0.116. The first-order valence-corrected chi connectivity index (χ1v) is 4.09. The van der Waals surface area contributed by atoms with Crippen molar-refractivity contribution in [3.8, 4) is 0 Å². The highest BCUT2D eigenvalue weighted by Gasteiger charge is 2.05. The minimum absolute atomic E-state index is 0. The molecule has 0 aliphatic carbocycles. The number of aromatic nitrogens is 1. The Labute approximate surface area is 88.9 Å². The van der Waals surface area contributed by atoms with Crippen LogP contribution in [0.1, 0.15) is 16.8 Å². The zero-order chi connectivity index (χ0) is 9.84. The number of nitrogens with one attached hydrogen (secondary N) is 1. The van der Waals surface area contributed by atoms with Crippen molar-refractivity contribution in [1.82, 2.24) is 4.98 Å². The summed E-state index contributed by atoms with van der Waals surface area (Å²) in [6.07, 6.45) is 0. The molecule has 80 valence electrons. The normalized spacial score (nSPS) is 9.64. The SMILES string of the molecule is COCc1cc(C)[nH]c(=O)c1CN.Cl. The number of hydrogen-bond acceptors (Lipinski definition) is 3. The van der Waals surface area contributed by atoms with Gasteiger partial charge in [-0.05, 0) is 18.6 Å².